The van der Waals surface area contributed by atoms with Crippen LogP contribution in [0.3, 0.4) is 0 Å². The first-order valence-corrected chi connectivity index (χ1v) is 5.17. The second-order valence-electron chi connectivity index (χ2n) is 3.58. The highest BCUT2D eigenvalue weighted by Crippen LogP contribution is 2.19. The summed E-state index contributed by atoms with van der Waals surface area (Å²) in [6.07, 6.45) is 1.73. The second-order valence-corrected chi connectivity index (χ2v) is 3.58. The largest absolute Gasteiger partial charge is 0.469 e. The van der Waals surface area contributed by atoms with Crippen molar-refractivity contribution in [3.05, 3.63) is 23.9 Å². The molecule has 2 heterocycles. The van der Waals surface area contributed by atoms with Crippen LogP contribution in [0.1, 0.15) is 12.5 Å². The molecule has 1 aromatic heterocycles. The molecule has 0 unspecified atom stereocenters. The Hall–Kier alpha value is -1.13. The minimum atomic E-state index is -0.545. The molecule has 82 valence electrons. The van der Waals surface area contributed by atoms with Gasteiger partial charge in [-0.2, -0.15) is 0 Å². The molecule has 1 aliphatic rings. The van der Waals surface area contributed by atoms with Crippen LogP contribution in [0.15, 0.2) is 18.3 Å². The molecule has 0 saturated carbocycles. The van der Waals surface area contributed by atoms with Crippen LogP contribution in [0.5, 0.6) is 5.88 Å². The van der Waals surface area contributed by atoms with Crippen molar-refractivity contribution in [2.45, 2.75) is 25.6 Å². The molecule has 0 radical (unpaired) electrons. The summed E-state index contributed by atoms with van der Waals surface area (Å²) in [4.78, 5) is 4.16. The van der Waals surface area contributed by atoms with Crippen LogP contribution in [-0.2, 0) is 11.2 Å². The summed E-state index contributed by atoms with van der Waals surface area (Å²) in [6.45, 7) is 2.82. The van der Waals surface area contributed by atoms with Crippen LogP contribution in [0.4, 0.5) is 0 Å². The van der Waals surface area contributed by atoms with Crippen LogP contribution < -0.4 is 4.74 Å². The number of aliphatic hydroxyl groups excluding tert-OH is 1. The van der Waals surface area contributed by atoms with Gasteiger partial charge in [-0.05, 0) is 12.5 Å². The Morgan fingerprint density at radius 1 is 1.60 bits per heavy atom. The summed E-state index contributed by atoms with van der Waals surface area (Å²) < 4.78 is 10.7. The highest BCUT2D eigenvalue weighted by Gasteiger charge is 2.28. The lowest BCUT2D eigenvalue weighted by Crippen LogP contribution is -2.30. The highest BCUT2D eigenvalue weighted by atomic mass is 16.6. The molecule has 15 heavy (non-hydrogen) atoms. The Bertz CT molecular complexity index is 329. The van der Waals surface area contributed by atoms with Crippen molar-refractivity contribution in [1.29, 1.82) is 0 Å². The van der Waals surface area contributed by atoms with Crippen molar-refractivity contribution < 1.29 is 14.6 Å². The zero-order valence-electron chi connectivity index (χ0n) is 8.72. The van der Waals surface area contributed by atoms with Gasteiger partial charge in [0.15, 0.2) is 6.10 Å². The van der Waals surface area contributed by atoms with Crippen molar-refractivity contribution in [1.82, 2.24) is 4.98 Å². The van der Waals surface area contributed by atoms with E-state index in [2.05, 4.69) is 4.98 Å². The van der Waals surface area contributed by atoms with E-state index in [1.165, 1.54) is 0 Å². The summed E-state index contributed by atoms with van der Waals surface area (Å²) in [6, 6.07) is 3.86. The van der Waals surface area contributed by atoms with E-state index >= 15 is 0 Å². The molecule has 1 aliphatic heterocycles. The summed E-state index contributed by atoms with van der Waals surface area (Å²) in [5, 5.41) is 9.54. The summed E-state index contributed by atoms with van der Waals surface area (Å²) in [7, 11) is 0. The number of rotatable bonds is 3. The van der Waals surface area contributed by atoms with Gasteiger partial charge < -0.3 is 14.6 Å². The van der Waals surface area contributed by atoms with Gasteiger partial charge in [-0.1, -0.05) is 13.0 Å². The van der Waals surface area contributed by atoms with Gasteiger partial charge in [-0.3, -0.25) is 0 Å². The summed E-state index contributed by atoms with van der Waals surface area (Å²) in [5.74, 6) is 0.606. The molecule has 4 nitrogen and oxygen atoms in total. The van der Waals surface area contributed by atoms with Crippen LogP contribution in [0, 0.1) is 0 Å². The standard InChI is InChI=1S/C11H15NO3/c1-2-8-4-3-5-12-11(8)15-10-7-14-6-9(10)13/h3-5,9-10,13H,2,6-7H2,1H3/t9-,10-/m1/s1. The lowest BCUT2D eigenvalue weighted by Gasteiger charge is -2.16. The average Bonchev–Trinajstić information content (AvgIpc) is 2.65. The van der Waals surface area contributed by atoms with E-state index < -0.39 is 6.10 Å². The highest BCUT2D eigenvalue weighted by molar-refractivity contribution is 5.25. The SMILES string of the molecule is CCc1cccnc1O[C@@H]1COC[C@H]1O. The first-order chi connectivity index (χ1) is 7.31. The van der Waals surface area contributed by atoms with Crippen molar-refractivity contribution in [2.24, 2.45) is 0 Å². The van der Waals surface area contributed by atoms with Gasteiger partial charge in [-0.15, -0.1) is 0 Å². The number of hydrogen-bond acceptors (Lipinski definition) is 4. The number of aromatic nitrogens is 1. The van der Waals surface area contributed by atoms with Gasteiger partial charge in [0, 0.05) is 11.8 Å². The van der Waals surface area contributed by atoms with Crippen molar-refractivity contribution in [3.8, 4) is 5.88 Å². The smallest absolute Gasteiger partial charge is 0.216 e. The maximum atomic E-state index is 9.54. The molecule has 2 atom stereocenters. The van der Waals surface area contributed by atoms with Gasteiger partial charge in [0.2, 0.25) is 5.88 Å². The Morgan fingerprint density at radius 2 is 2.47 bits per heavy atom. The molecule has 1 N–H and O–H groups in total. The Morgan fingerprint density at radius 3 is 3.13 bits per heavy atom. The van der Waals surface area contributed by atoms with E-state index in [-0.39, 0.29) is 6.10 Å². The fourth-order valence-corrected chi connectivity index (χ4v) is 1.58. The van der Waals surface area contributed by atoms with E-state index in [0.717, 1.165) is 12.0 Å². The van der Waals surface area contributed by atoms with Gasteiger partial charge in [0.1, 0.15) is 6.10 Å². The van der Waals surface area contributed by atoms with E-state index in [1.54, 1.807) is 6.20 Å². The molecule has 0 spiro atoms. The van der Waals surface area contributed by atoms with Gasteiger partial charge in [0.05, 0.1) is 13.2 Å². The monoisotopic (exact) mass is 209 g/mol. The van der Waals surface area contributed by atoms with Crippen molar-refractivity contribution >= 4 is 0 Å². The van der Waals surface area contributed by atoms with Crippen molar-refractivity contribution in [3.63, 3.8) is 0 Å². The quantitative estimate of drug-likeness (QED) is 0.799. The van der Waals surface area contributed by atoms with Gasteiger partial charge in [0.25, 0.3) is 0 Å². The molecule has 0 amide bonds. The third-order valence-electron chi connectivity index (χ3n) is 2.49. The maximum absolute atomic E-state index is 9.54. The molecule has 4 heteroatoms. The number of aryl methyl sites for hydroxylation is 1. The lowest BCUT2D eigenvalue weighted by atomic mass is 10.2. The molecular weight excluding hydrogens is 194 g/mol. The first kappa shape index (κ1) is 10.4. The lowest BCUT2D eigenvalue weighted by molar-refractivity contribution is 0.0697. The third kappa shape index (κ3) is 2.27. The number of hydrogen-bond donors (Lipinski definition) is 1. The minimum absolute atomic E-state index is 0.287. The van der Waals surface area contributed by atoms with Crippen LogP contribution in [-0.4, -0.2) is 35.5 Å². The number of ether oxygens (including phenoxy) is 2. The maximum Gasteiger partial charge on any atom is 0.216 e. The molecule has 1 saturated heterocycles. The fourth-order valence-electron chi connectivity index (χ4n) is 1.58. The third-order valence-corrected chi connectivity index (χ3v) is 2.49. The number of nitrogens with zero attached hydrogens (tertiary/aromatic N) is 1. The molecule has 1 fully saturated rings. The van der Waals surface area contributed by atoms with E-state index in [4.69, 9.17) is 9.47 Å². The van der Waals surface area contributed by atoms with E-state index in [1.807, 2.05) is 19.1 Å². The summed E-state index contributed by atoms with van der Waals surface area (Å²) in [5.41, 5.74) is 1.05. The molecular formula is C11H15NO3. The van der Waals surface area contributed by atoms with Crippen molar-refractivity contribution in [2.75, 3.05) is 13.2 Å². The Labute approximate surface area is 88.9 Å². The van der Waals surface area contributed by atoms with Gasteiger partial charge >= 0.3 is 0 Å². The normalized spacial score (nSPS) is 25.5. The molecule has 2 rings (SSSR count). The van der Waals surface area contributed by atoms with E-state index in [0.29, 0.717) is 19.1 Å². The minimum Gasteiger partial charge on any atom is -0.469 e. The van der Waals surface area contributed by atoms with Crippen LogP contribution in [0.2, 0.25) is 0 Å². The predicted molar refractivity (Wildman–Crippen MR) is 54.9 cm³/mol. The summed E-state index contributed by atoms with van der Waals surface area (Å²) >= 11 is 0. The topological polar surface area (TPSA) is 51.6 Å². The fraction of sp³-hybridized carbons (Fsp3) is 0.545. The Kier molecular flexibility index (Phi) is 3.18. The van der Waals surface area contributed by atoms with Crippen LogP contribution in [0.25, 0.3) is 0 Å². The molecule has 0 aromatic carbocycles. The zero-order chi connectivity index (χ0) is 10.7. The first-order valence-electron chi connectivity index (χ1n) is 5.17. The van der Waals surface area contributed by atoms with Crippen LogP contribution >= 0.6 is 0 Å². The molecule has 1 aromatic rings. The predicted octanol–water partition coefficient (Wildman–Crippen LogP) is 0.782. The zero-order valence-corrected chi connectivity index (χ0v) is 8.72. The average molecular weight is 209 g/mol. The van der Waals surface area contributed by atoms with Gasteiger partial charge in [-0.25, -0.2) is 4.98 Å². The van der Waals surface area contributed by atoms with E-state index in [9.17, 15) is 5.11 Å². The second kappa shape index (κ2) is 4.59. The molecule has 0 bridgehead atoms. The Balaban J connectivity index is 2.09. The molecule has 0 aliphatic carbocycles. The number of aliphatic hydroxyl groups is 1. The number of pyridine rings is 1.